The van der Waals surface area contributed by atoms with Crippen molar-refractivity contribution in [2.24, 2.45) is 0 Å². The molecule has 0 aliphatic carbocycles. The number of nitrogens with zero attached hydrogens (tertiary/aromatic N) is 2. The van der Waals surface area contributed by atoms with E-state index in [0.29, 0.717) is 39.7 Å². The molecule has 0 bridgehead atoms. The molecule has 0 spiro atoms. The second-order valence-electron chi connectivity index (χ2n) is 7.64. The fourth-order valence-corrected chi connectivity index (χ4v) is 3.78. The Kier molecular flexibility index (Phi) is 6.00. The van der Waals surface area contributed by atoms with Crippen LogP contribution in [0.25, 0.3) is 21.7 Å². The van der Waals surface area contributed by atoms with E-state index in [-0.39, 0.29) is 6.03 Å². The molecule has 0 saturated heterocycles. The molecule has 35 heavy (non-hydrogen) atoms. The normalized spacial score (nSPS) is 10.7. The fraction of sp³-hybridized carbons (Fsp3) is 0.0741. The number of rotatable bonds is 6. The molecule has 8 nitrogen and oxygen atoms in total. The van der Waals surface area contributed by atoms with Crippen molar-refractivity contribution < 1.29 is 19.0 Å². The van der Waals surface area contributed by atoms with Gasteiger partial charge in [-0.05, 0) is 41.8 Å². The molecule has 0 atom stereocenters. The maximum atomic E-state index is 12.6. The monoisotopic (exact) mass is 466 g/mol. The Balaban J connectivity index is 1.30. The average molecular weight is 466 g/mol. The van der Waals surface area contributed by atoms with Crippen molar-refractivity contribution in [3.05, 3.63) is 85.2 Å². The van der Waals surface area contributed by atoms with Gasteiger partial charge in [-0.25, -0.2) is 14.8 Å². The molecule has 0 fully saturated rings. The lowest BCUT2D eigenvalue weighted by atomic mass is 10.1. The van der Waals surface area contributed by atoms with Crippen LogP contribution >= 0.6 is 0 Å². The minimum Gasteiger partial charge on any atom is -0.493 e. The van der Waals surface area contributed by atoms with E-state index in [1.165, 1.54) is 6.33 Å². The first-order valence-electron chi connectivity index (χ1n) is 10.8. The van der Waals surface area contributed by atoms with Gasteiger partial charge in [-0.3, -0.25) is 0 Å². The smallest absolute Gasteiger partial charge is 0.323 e. The predicted molar refractivity (Wildman–Crippen MR) is 136 cm³/mol. The number of urea groups is 1. The van der Waals surface area contributed by atoms with E-state index in [1.54, 1.807) is 50.6 Å². The Morgan fingerprint density at radius 3 is 2.31 bits per heavy atom. The summed E-state index contributed by atoms with van der Waals surface area (Å²) in [4.78, 5) is 21.1. The van der Waals surface area contributed by atoms with Crippen molar-refractivity contribution in [1.82, 2.24) is 9.97 Å². The summed E-state index contributed by atoms with van der Waals surface area (Å²) >= 11 is 0. The molecule has 2 N–H and O–H groups in total. The number of anilines is 2. The van der Waals surface area contributed by atoms with Crippen LogP contribution < -0.4 is 24.8 Å². The molecule has 5 aromatic rings. The molecule has 174 valence electrons. The van der Waals surface area contributed by atoms with Gasteiger partial charge in [-0.1, -0.05) is 36.4 Å². The molecule has 0 radical (unpaired) electrons. The highest BCUT2D eigenvalue weighted by molar-refractivity contribution is 6.06. The topological polar surface area (TPSA) is 94.6 Å². The van der Waals surface area contributed by atoms with E-state index >= 15 is 0 Å². The second-order valence-corrected chi connectivity index (χ2v) is 7.64. The van der Waals surface area contributed by atoms with Crippen LogP contribution in [-0.4, -0.2) is 30.2 Å². The van der Waals surface area contributed by atoms with Gasteiger partial charge in [0.25, 0.3) is 0 Å². The largest absolute Gasteiger partial charge is 0.493 e. The molecule has 0 saturated carbocycles. The Labute approximate surface area is 201 Å². The van der Waals surface area contributed by atoms with Crippen molar-refractivity contribution in [2.45, 2.75) is 0 Å². The van der Waals surface area contributed by atoms with E-state index in [1.807, 2.05) is 42.5 Å². The lowest BCUT2D eigenvalue weighted by Crippen LogP contribution is -2.19. The van der Waals surface area contributed by atoms with Crippen molar-refractivity contribution in [2.75, 3.05) is 24.9 Å². The number of hydrogen-bond donors (Lipinski definition) is 2. The number of amides is 2. The first-order chi connectivity index (χ1) is 17.1. The number of carbonyl (C=O) groups excluding carboxylic acids is 1. The van der Waals surface area contributed by atoms with Crippen LogP contribution in [-0.2, 0) is 0 Å². The number of hydrogen-bond acceptors (Lipinski definition) is 6. The molecule has 0 unspecified atom stereocenters. The van der Waals surface area contributed by atoms with Crippen LogP contribution in [0.3, 0.4) is 0 Å². The Morgan fingerprint density at radius 2 is 1.51 bits per heavy atom. The van der Waals surface area contributed by atoms with E-state index < -0.39 is 0 Å². The summed E-state index contributed by atoms with van der Waals surface area (Å²) in [5.74, 6) is 2.06. The molecule has 2 amide bonds. The number of benzene rings is 4. The minimum absolute atomic E-state index is 0.335. The zero-order chi connectivity index (χ0) is 24.2. The molecular weight excluding hydrogens is 444 g/mol. The fourth-order valence-electron chi connectivity index (χ4n) is 3.78. The summed E-state index contributed by atoms with van der Waals surface area (Å²) in [7, 11) is 3.14. The summed E-state index contributed by atoms with van der Waals surface area (Å²) in [6.07, 6.45) is 1.43. The zero-order valence-corrected chi connectivity index (χ0v) is 19.1. The quantitative estimate of drug-likeness (QED) is 0.308. The number of nitrogens with one attached hydrogen (secondary N) is 2. The van der Waals surface area contributed by atoms with Crippen molar-refractivity contribution in [3.63, 3.8) is 0 Å². The molecule has 0 aliphatic rings. The summed E-state index contributed by atoms with van der Waals surface area (Å²) < 4.78 is 16.7. The number of ether oxygens (including phenoxy) is 3. The second kappa shape index (κ2) is 9.56. The molecule has 1 aromatic heterocycles. The van der Waals surface area contributed by atoms with Gasteiger partial charge in [-0.15, -0.1) is 0 Å². The van der Waals surface area contributed by atoms with Crippen LogP contribution in [0.2, 0.25) is 0 Å². The third kappa shape index (κ3) is 4.63. The van der Waals surface area contributed by atoms with Crippen molar-refractivity contribution in [1.29, 1.82) is 0 Å². The maximum absolute atomic E-state index is 12.6. The van der Waals surface area contributed by atoms with E-state index in [9.17, 15) is 4.79 Å². The lowest BCUT2D eigenvalue weighted by Gasteiger charge is -2.12. The predicted octanol–water partition coefficient (Wildman–Crippen LogP) is 6.24. The summed E-state index contributed by atoms with van der Waals surface area (Å²) in [5.41, 5.74) is 2.02. The first kappa shape index (κ1) is 22.0. The highest BCUT2D eigenvalue weighted by Gasteiger charge is 2.13. The van der Waals surface area contributed by atoms with Gasteiger partial charge in [0.05, 0.1) is 30.8 Å². The summed E-state index contributed by atoms with van der Waals surface area (Å²) in [6.45, 7) is 0. The Morgan fingerprint density at radius 1 is 0.771 bits per heavy atom. The molecule has 1 heterocycles. The standard InChI is InChI=1S/C27H22N4O4/c1-33-24-14-21-23(15-25(24)34-2)28-16-29-26(21)35-19-12-10-18(11-13-19)30-27(32)31-22-9-5-7-17-6-3-4-8-20(17)22/h3-16H,1-2H3,(H2,30,31,32). The summed E-state index contributed by atoms with van der Waals surface area (Å²) in [6, 6.07) is 23.9. The Bertz CT molecular complexity index is 1510. The minimum atomic E-state index is -0.335. The van der Waals surface area contributed by atoms with Gasteiger partial charge in [0, 0.05) is 17.1 Å². The first-order valence-corrected chi connectivity index (χ1v) is 10.8. The third-order valence-electron chi connectivity index (χ3n) is 5.47. The number of aromatic nitrogens is 2. The van der Waals surface area contributed by atoms with Gasteiger partial charge in [0.2, 0.25) is 5.88 Å². The summed E-state index contributed by atoms with van der Waals surface area (Å²) in [5, 5.41) is 8.46. The van der Waals surface area contributed by atoms with E-state index in [0.717, 1.165) is 16.5 Å². The van der Waals surface area contributed by atoms with Crippen LogP contribution in [0.4, 0.5) is 16.2 Å². The highest BCUT2D eigenvalue weighted by atomic mass is 16.5. The van der Waals surface area contributed by atoms with Crippen molar-refractivity contribution in [3.8, 4) is 23.1 Å². The number of fused-ring (bicyclic) bond motifs is 2. The number of methoxy groups -OCH3 is 2. The van der Waals surface area contributed by atoms with Gasteiger partial charge in [-0.2, -0.15) is 0 Å². The van der Waals surface area contributed by atoms with Gasteiger partial charge in [0.15, 0.2) is 11.5 Å². The average Bonchev–Trinajstić information content (AvgIpc) is 2.89. The molecule has 5 rings (SSSR count). The van der Waals surface area contributed by atoms with Gasteiger partial charge < -0.3 is 24.8 Å². The molecular formula is C27H22N4O4. The van der Waals surface area contributed by atoms with Gasteiger partial charge in [0.1, 0.15) is 12.1 Å². The van der Waals surface area contributed by atoms with Crippen molar-refractivity contribution >= 4 is 39.1 Å². The van der Waals surface area contributed by atoms with E-state index in [4.69, 9.17) is 14.2 Å². The van der Waals surface area contributed by atoms with Crippen LogP contribution in [0.5, 0.6) is 23.1 Å². The SMILES string of the molecule is COc1cc2ncnc(Oc3ccc(NC(=O)Nc4cccc5ccccc45)cc3)c2cc1OC. The third-order valence-corrected chi connectivity index (χ3v) is 5.47. The lowest BCUT2D eigenvalue weighted by molar-refractivity contribution is 0.262. The zero-order valence-electron chi connectivity index (χ0n) is 19.1. The van der Waals surface area contributed by atoms with E-state index in [2.05, 4.69) is 20.6 Å². The number of carbonyl (C=O) groups is 1. The van der Waals surface area contributed by atoms with Crippen LogP contribution in [0, 0.1) is 0 Å². The molecule has 8 heteroatoms. The molecule has 0 aliphatic heterocycles. The highest BCUT2D eigenvalue weighted by Crippen LogP contribution is 2.36. The maximum Gasteiger partial charge on any atom is 0.323 e. The Hall–Kier alpha value is -4.85. The van der Waals surface area contributed by atoms with Gasteiger partial charge >= 0.3 is 6.03 Å². The van der Waals surface area contributed by atoms with Crippen LogP contribution in [0.1, 0.15) is 0 Å². The van der Waals surface area contributed by atoms with Crippen LogP contribution in [0.15, 0.2) is 85.2 Å². The molecule has 4 aromatic carbocycles.